The number of hydrogen-bond acceptors (Lipinski definition) is 9. The molecule has 15 heteroatoms. The Hall–Kier alpha value is 2.76. The Balaban J connectivity index is -0.0000000184. The molecule has 0 atom stereocenters. The van der Waals surface area contributed by atoms with E-state index in [9.17, 15) is 0 Å². The summed E-state index contributed by atoms with van der Waals surface area (Å²) in [5, 5.41) is 0. The van der Waals surface area contributed by atoms with E-state index in [2.05, 4.69) is 0 Å². The molecule has 0 aliphatic heterocycles. The van der Waals surface area contributed by atoms with E-state index in [1.807, 2.05) is 0 Å². The monoisotopic (exact) mass is 367 g/mol. The molecule has 0 aromatic rings. The van der Waals surface area contributed by atoms with E-state index in [0.29, 0.717) is 0 Å². The van der Waals surface area contributed by atoms with E-state index in [1.54, 1.807) is 0 Å². The first kappa shape index (κ1) is 36.1. The number of rotatable bonds is 0. The van der Waals surface area contributed by atoms with Gasteiger partial charge in [0.15, 0.2) is 0 Å². The van der Waals surface area contributed by atoms with Crippen LogP contribution in [0.3, 0.4) is 0 Å². The molecule has 1 radical (unpaired) electrons. The standard InChI is InChI=1S/Ca.Cu.Mg.3H2O3S/c;;;3*1-4(2)3/h;;;3*(H2,1,2,3)/q3*+2;;;/p-6. The molecule has 0 aromatic heterocycles. The van der Waals surface area contributed by atoms with E-state index < -0.39 is 34.1 Å². The summed E-state index contributed by atoms with van der Waals surface area (Å²) in [6, 6.07) is 0. The minimum absolute atomic E-state index is 0. The molecule has 0 saturated heterocycles. The summed E-state index contributed by atoms with van der Waals surface area (Å²) >= 11 is -9.33. The topological polar surface area (TPSA) is 190 Å². The third-order valence-corrected chi connectivity index (χ3v) is 0. The van der Waals surface area contributed by atoms with Gasteiger partial charge in [-0.25, -0.2) is 0 Å². The van der Waals surface area contributed by atoms with Gasteiger partial charge in [-0.2, -0.15) is 0 Å². The largest absolute Gasteiger partial charge is 2.00 e. The first-order valence-electron chi connectivity index (χ1n) is 1.50. The normalized spacial score (nSPS) is 7.00. The summed E-state index contributed by atoms with van der Waals surface area (Å²) in [5.41, 5.74) is 0. The molecule has 0 rings (SSSR count). The molecule has 0 bridgehead atoms. The van der Waals surface area contributed by atoms with Crippen molar-refractivity contribution in [2.75, 3.05) is 0 Å². The quantitative estimate of drug-likeness (QED) is 0.305. The minimum Gasteiger partial charge on any atom is -0.784 e. The van der Waals surface area contributed by atoms with Crippen LogP contribution < -0.4 is 0 Å². The molecule has 87 valence electrons. The van der Waals surface area contributed by atoms with Crippen LogP contribution in [0.25, 0.3) is 0 Å². The van der Waals surface area contributed by atoms with Crippen molar-refractivity contribution in [1.82, 2.24) is 0 Å². The van der Waals surface area contributed by atoms with Gasteiger partial charge in [0.25, 0.3) is 0 Å². The predicted octanol–water partition coefficient (Wildman–Crippen LogP) is -3.78. The van der Waals surface area contributed by atoms with Gasteiger partial charge in [0.1, 0.15) is 0 Å². The van der Waals surface area contributed by atoms with Gasteiger partial charge in [0, 0.05) is 0 Å². The second kappa shape index (κ2) is 30.1. The van der Waals surface area contributed by atoms with Crippen molar-refractivity contribution >= 4 is 94.9 Å². The fourth-order valence-corrected chi connectivity index (χ4v) is 0. The first-order chi connectivity index (χ1) is 5.20. The predicted molar refractivity (Wildman–Crippen MR) is 40.6 cm³/mol. The Labute approximate surface area is 150 Å². The second-order valence-corrected chi connectivity index (χ2v) is 1.84. The SMILES string of the molecule is O=S([O-])[O-].O=S([O-])[O-].O=S([O-])[O-].[Ca+2].[Cu+2].[Mg+2]. The van der Waals surface area contributed by atoms with Gasteiger partial charge < -0.3 is 27.3 Å². The summed E-state index contributed by atoms with van der Waals surface area (Å²) in [5.74, 6) is 0. The molecule has 0 aliphatic rings. The average Bonchev–Trinajstić information content (AvgIpc) is 1.54. The Bertz CT molecular complexity index is 123. The Kier molecular flexibility index (Phi) is 72.4. The van der Waals surface area contributed by atoms with Gasteiger partial charge in [-0.1, -0.05) is 0 Å². The maximum atomic E-state index is 8.44. The minimum atomic E-state index is -3.11. The van der Waals surface area contributed by atoms with E-state index >= 15 is 0 Å². The maximum Gasteiger partial charge on any atom is 2.00 e. The van der Waals surface area contributed by atoms with E-state index in [0.717, 1.165) is 0 Å². The molecule has 0 heterocycles. The summed E-state index contributed by atoms with van der Waals surface area (Å²) in [4.78, 5) is 0. The van der Waals surface area contributed by atoms with Crippen LogP contribution in [0.4, 0.5) is 0 Å². The molecule has 0 aliphatic carbocycles. The molecular weight excluding hydrogens is 368 g/mol. The molecular formula is CaCuMgO9S3. The third kappa shape index (κ3) is 480. The van der Waals surface area contributed by atoms with Crippen molar-refractivity contribution in [2.45, 2.75) is 0 Å². The molecule has 9 nitrogen and oxygen atoms in total. The second-order valence-electron chi connectivity index (χ2n) is 0.612. The Morgan fingerprint density at radius 3 is 0.600 bits per heavy atom. The van der Waals surface area contributed by atoms with Crippen LogP contribution in [0.1, 0.15) is 0 Å². The van der Waals surface area contributed by atoms with Crippen molar-refractivity contribution < 1.29 is 57.0 Å². The summed E-state index contributed by atoms with van der Waals surface area (Å²) < 4.78 is 76.0. The molecule has 0 unspecified atom stereocenters. The van der Waals surface area contributed by atoms with Crippen molar-refractivity contribution in [2.24, 2.45) is 0 Å². The zero-order valence-corrected chi connectivity index (χ0v) is 13.6. The van der Waals surface area contributed by atoms with Crippen LogP contribution in [-0.2, 0) is 51.2 Å². The van der Waals surface area contributed by atoms with Gasteiger partial charge >= 0.3 is 77.9 Å². The van der Waals surface area contributed by atoms with Crippen LogP contribution in [0, 0.1) is 0 Å². The Morgan fingerprint density at radius 1 is 0.600 bits per heavy atom. The van der Waals surface area contributed by atoms with Gasteiger partial charge in [0.05, 0.1) is 0 Å². The molecule has 0 amide bonds. The van der Waals surface area contributed by atoms with Gasteiger partial charge in [-0.3, -0.25) is 12.6 Å². The molecule has 0 spiro atoms. The van der Waals surface area contributed by atoms with Crippen LogP contribution in [0.15, 0.2) is 0 Å². The summed E-state index contributed by atoms with van der Waals surface area (Å²) in [6.45, 7) is 0. The number of hydrogen-bond donors (Lipinski definition) is 0. The maximum absolute atomic E-state index is 8.44. The fraction of sp³-hybridized carbons (Fsp3) is 0. The van der Waals surface area contributed by atoms with Crippen molar-refractivity contribution in [3.63, 3.8) is 0 Å². The average molecular weight is 368 g/mol. The van der Waals surface area contributed by atoms with Gasteiger partial charge in [-0.05, 0) is 0 Å². The van der Waals surface area contributed by atoms with Crippen LogP contribution in [0.2, 0.25) is 0 Å². The van der Waals surface area contributed by atoms with Crippen molar-refractivity contribution in [3.8, 4) is 0 Å². The van der Waals surface area contributed by atoms with E-state index in [-0.39, 0.29) is 77.9 Å². The van der Waals surface area contributed by atoms with Gasteiger partial charge in [0.2, 0.25) is 0 Å². The van der Waals surface area contributed by atoms with Gasteiger partial charge in [-0.15, -0.1) is 34.1 Å². The van der Waals surface area contributed by atoms with E-state index in [4.69, 9.17) is 39.9 Å². The van der Waals surface area contributed by atoms with Crippen molar-refractivity contribution in [3.05, 3.63) is 0 Å². The zero-order chi connectivity index (χ0) is 10.7. The molecule has 0 saturated carbocycles. The zero-order valence-electron chi connectivity index (χ0n) is 6.61. The third-order valence-electron chi connectivity index (χ3n) is 0. The molecule has 0 N–H and O–H groups in total. The molecule has 0 fully saturated rings. The summed E-state index contributed by atoms with van der Waals surface area (Å²) in [6.07, 6.45) is 0. The van der Waals surface area contributed by atoms with Crippen LogP contribution in [-0.4, -0.2) is 101 Å². The molecule has 0 aromatic carbocycles. The first-order valence-corrected chi connectivity index (χ1v) is 4.50. The van der Waals surface area contributed by atoms with Crippen molar-refractivity contribution in [1.29, 1.82) is 0 Å². The Morgan fingerprint density at radius 2 is 0.600 bits per heavy atom. The van der Waals surface area contributed by atoms with Crippen LogP contribution in [0.5, 0.6) is 0 Å². The van der Waals surface area contributed by atoms with Crippen LogP contribution >= 0.6 is 0 Å². The summed E-state index contributed by atoms with van der Waals surface area (Å²) in [7, 11) is 0. The smallest absolute Gasteiger partial charge is 0.784 e. The fourth-order valence-electron chi connectivity index (χ4n) is 0. The van der Waals surface area contributed by atoms with E-state index in [1.165, 1.54) is 0 Å². The molecule has 15 heavy (non-hydrogen) atoms.